The second-order valence-corrected chi connectivity index (χ2v) is 5.90. The maximum Gasteiger partial charge on any atom is 0.292 e. The summed E-state index contributed by atoms with van der Waals surface area (Å²) < 4.78 is 38.9. The molecule has 0 radical (unpaired) electrons. The third kappa shape index (κ3) is 4.22. The Morgan fingerprint density at radius 2 is 2.15 bits per heavy atom. The smallest absolute Gasteiger partial charge is 0.292 e. The fourth-order valence-corrected chi connectivity index (χ4v) is 2.80. The molecule has 1 unspecified atom stereocenters. The molecule has 0 aliphatic heterocycles. The largest absolute Gasteiger partial charge is 0.392 e. The summed E-state index contributed by atoms with van der Waals surface area (Å²) in [4.78, 5) is 9.15. The van der Waals surface area contributed by atoms with Gasteiger partial charge in [-0.3, -0.25) is 10.1 Å². The zero-order valence-electron chi connectivity index (χ0n) is 10.7. The number of hydrogen-bond donors (Lipinski definition) is 2. The lowest BCUT2D eigenvalue weighted by Crippen LogP contribution is -2.32. The molecular formula is C11H15FN2O5S. The molecule has 112 valence electrons. The summed E-state index contributed by atoms with van der Waals surface area (Å²) >= 11 is 0. The van der Waals surface area contributed by atoms with Crippen LogP contribution in [0.25, 0.3) is 0 Å². The predicted molar refractivity (Wildman–Crippen MR) is 69.2 cm³/mol. The molecule has 1 aromatic rings. The summed E-state index contributed by atoms with van der Waals surface area (Å²) in [6, 6.07) is 2.18. The maximum absolute atomic E-state index is 13.0. The number of nitro groups is 1. The zero-order valence-corrected chi connectivity index (χ0v) is 11.6. The third-order valence-corrected chi connectivity index (χ3v) is 4.01. The first-order valence-electron chi connectivity index (χ1n) is 5.89. The summed E-state index contributed by atoms with van der Waals surface area (Å²) in [7, 11) is -4.18. The molecule has 1 rings (SSSR count). The molecule has 0 heterocycles. The molecule has 0 amide bonds. The van der Waals surface area contributed by atoms with Gasteiger partial charge < -0.3 is 5.11 Å². The van der Waals surface area contributed by atoms with Crippen LogP contribution in [-0.4, -0.2) is 31.1 Å². The summed E-state index contributed by atoms with van der Waals surface area (Å²) in [6.07, 6.45) is 0.183. The highest BCUT2D eigenvalue weighted by Gasteiger charge is 2.26. The van der Waals surface area contributed by atoms with Crippen molar-refractivity contribution >= 4 is 15.7 Å². The Hall–Kier alpha value is -1.58. The van der Waals surface area contributed by atoms with Gasteiger partial charge in [0, 0.05) is 6.54 Å². The van der Waals surface area contributed by atoms with Crippen molar-refractivity contribution in [2.75, 3.05) is 6.54 Å². The van der Waals surface area contributed by atoms with Crippen LogP contribution in [0.1, 0.15) is 19.8 Å². The van der Waals surface area contributed by atoms with Gasteiger partial charge in [0.15, 0.2) is 4.90 Å². The molecule has 0 aromatic heterocycles. The van der Waals surface area contributed by atoms with Gasteiger partial charge in [-0.25, -0.2) is 17.5 Å². The van der Waals surface area contributed by atoms with Crippen molar-refractivity contribution < 1.29 is 22.8 Å². The minimum absolute atomic E-state index is 0.259. The molecule has 20 heavy (non-hydrogen) atoms. The highest BCUT2D eigenvalue weighted by molar-refractivity contribution is 7.89. The van der Waals surface area contributed by atoms with Gasteiger partial charge in [0.2, 0.25) is 10.0 Å². The third-order valence-electron chi connectivity index (χ3n) is 2.54. The van der Waals surface area contributed by atoms with Crippen LogP contribution in [0.3, 0.4) is 0 Å². The van der Waals surface area contributed by atoms with Crippen molar-refractivity contribution in [1.29, 1.82) is 0 Å². The second kappa shape index (κ2) is 6.73. The van der Waals surface area contributed by atoms with Gasteiger partial charge in [0.25, 0.3) is 5.69 Å². The summed E-state index contributed by atoms with van der Waals surface area (Å²) in [5.74, 6) is -0.901. The van der Waals surface area contributed by atoms with Crippen LogP contribution in [0.5, 0.6) is 0 Å². The Balaban J connectivity index is 3.01. The van der Waals surface area contributed by atoms with Crippen LogP contribution < -0.4 is 4.72 Å². The molecule has 1 aromatic carbocycles. The van der Waals surface area contributed by atoms with E-state index in [1.54, 1.807) is 0 Å². The molecular weight excluding hydrogens is 291 g/mol. The first-order valence-corrected chi connectivity index (χ1v) is 7.38. The lowest BCUT2D eigenvalue weighted by molar-refractivity contribution is -0.388. The number of nitro benzene ring substituents is 1. The number of nitrogens with zero attached hydrogens (tertiary/aromatic N) is 1. The van der Waals surface area contributed by atoms with E-state index in [1.807, 2.05) is 6.92 Å². The number of sulfonamides is 1. The van der Waals surface area contributed by atoms with Crippen LogP contribution in [0.15, 0.2) is 23.1 Å². The molecule has 2 N–H and O–H groups in total. The van der Waals surface area contributed by atoms with E-state index in [-0.39, 0.29) is 6.54 Å². The number of halogens is 1. The second-order valence-electron chi connectivity index (χ2n) is 4.16. The van der Waals surface area contributed by atoms with Crippen molar-refractivity contribution in [3.8, 4) is 0 Å². The van der Waals surface area contributed by atoms with Crippen molar-refractivity contribution in [3.05, 3.63) is 34.1 Å². The number of hydrogen-bond acceptors (Lipinski definition) is 5. The lowest BCUT2D eigenvalue weighted by Gasteiger charge is -2.11. The van der Waals surface area contributed by atoms with Gasteiger partial charge in [0.05, 0.1) is 17.1 Å². The molecule has 0 fully saturated rings. The average Bonchev–Trinajstić information content (AvgIpc) is 2.36. The maximum atomic E-state index is 13.0. The first-order chi connectivity index (χ1) is 9.27. The van der Waals surface area contributed by atoms with Gasteiger partial charge in [-0.2, -0.15) is 0 Å². The Kier molecular flexibility index (Phi) is 5.54. The quantitative estimate of drug-likeness (QED) is 0.580. The highest BCUT2D eigenvalue weighted by Crippen LogP contribution is 2.24. The Morgan fingerprint density at radius 3 is 2.70 bits per heavy atom. The lowest BCUT2D eigenvalue weighted by atomic mass is 10.2. The van der Waals surface area contributed by atoms with Gasteiger partial charge in [-0.05, 0) is 18.6 Å². The number of nitrogens with one attached hydrogen (secondary N) is 1. The first kappa shape index (κ1) is 16.5. The van der Waals surface area contributed by atoms with E-state index in [4.69, 9.17) is 0 Å². The summed E-state index contributed by atoms with van der Waals surface area (Å²) in [5, 5.41) is 20.2. The minimum Gasteiger partial charge on any atom is -0.392 e. The van der Waals surface area contributed by atoms with Crippen LogP contribution in [0, 0.1) is 15.9 Å². The van der Waals surface area contributed by atoms with E-state index in [1.165, 1.54) is 0 Å². The fourth-order valence-electron chi connectivity index (χ4n) is 1.58. The molecule has 0 saturated heterocycles. The normalized spacial score (nSPS) is 13.2. The van der Waals surface area contributed by atoms with Crippen LogP contribution in [0.4, 0.5) is 10.1 Å². The van der Waals surface area contributed by atoms with Crippen LogP contribution in [-0.2, 0) is 10.0 Å². The number of rotatable bonds is 7. The van der Waals surface area contributed by atoms with Crippen molar-refractivity contribution in [3.63, 3.8) is 0 Å². The van der Waals surface area contributed by atoms with E-state index in [9.17, 15) is 28.0 Å². The Labute approximate surface area is 115 Å². The van der Waals surface area contributed by atoms with Crippen molar-refractivity contribution in [2.45, 2.75) is 30.8 Å². The standard InChI is InChI=1S/C11H15FN2O5S/c1-2-3-9(15)7-13-20(18,19)11-5-4-8(12)6-10(11)14(16)17/h4-6,9,13,15H,2-3,7H2,1H3. The summed E-state index contributed by atoms with van der Waals surface area (Å²) in [6.45, 7) is 1.56. The predicted octanol–water partition coefficient (Wildman–Crippen LogP) is 1.17. The molecule has 7 nitrogen and oxygen atoms in total. The molecule has 0 aliphatic rings. The molecule has 9 heteroatoms. The monoisotopic (exact) mass is 306 g/mol. The summed E-state index contributed by atoms with van der Waals surface area (Å²) in [5.41, 5.74) is -0.845. The van der Waals surface area contributed by atoms with Crippen molar-refractivity contribution in [2.24, 2.45) is 0 Å². The van der Waals surface area contributed by atoms with Crippen LogP contribution >= 0.6 is 0 Å². The van der Waals surface area contributed by atoms with Gasteiger partial charge in [-0.15, -0.1) is 0 Å². The molecule has 0 aliphatic carbocycles. The van der Waals surface area contributed by atoms with Gasteiger partial charge >= 0.3 is 0 Å². The number of benzene rings is 1. The minimum atomic E-state index is -4.18. The molecule has 0 bridgehead atoms. The van der Waals surface area contributed by atoms with E-state index < -0.39 is 37.5 Å². The Bertz CT molecular complexity index is 590. The average molecular weight is 306 g/mol. The van der Waals surface area contributed by atoms with E-state index in [0.29, 0.717) is 18.9 Å². The fraction of sp³-hybridized carbons (Fsp3) is 0.455. The van der Waals surface area contributed by atoms with Crippen molar-refractivity contribution in [1.82, 2.24) is 4.72 Å². The van der Waals surface area contributed by atoms with Crippen LogP contribution in [0.2, 0.25) is 0 Å². The number of aliphatic hydroxyl groups is 1. The molecule has 0 saturated carbocycles. The van der Waals surface area contributed by atoms with Gasteiger partial charge in [-0.1, -0.05) is 13.3 Å². The number of aliphatic hydroxyl groups excluding tert-OH is 1. The van der Waals surface area contributed by atoms with E-state index in [2.05, 4.69) is 4.72 Å². The van der Waals surface area contributed by atoms with Gasteiger partial charge in [0.1, 0.15) is 5.82 Å². The molecule has 1 atom stereocenters. The highest BCUT2D eigenvalue weighted by atomic mass is 32.2. The topological polar surface area (TPSA) is 110 Å². The SMILES string of the molecule is CCCC(O)CNS(=O)(=O)c1ccc(F)cc1[N+](=O)[O-]. The zero-order chi connectivity index (χ0) is 15.3. The molecule has 0 spiro atoms. The Morgan fingerprint density at radius 1 is 1.50 bits per heavy atom. The van der Waals surface area contributed by atoms with E-state index in [0.717, 1.165) is 12.1 Å². The van der Waals surface area contributed by atoms with E-state index >= 15 is 0 Å².